The van der Waals surface area contributed by atoms with Gasteiger partial charge in [-0.05, 0) is 40.2 Å². The summed E-state index contributed by atoms with van der Waals surface area (Å²) in [7, 11) is 1.82. The van der Waals surface area contributed by atoms with Crippen molar-refractivity contribution in [3.8, 4) is 0 Å². The first-order chi connectivity index (χ1) is 8.09. The Labute approximate surface area is 106 Å². The van der Waals surface area contributed by atoms with E-state index in [0.717, 1.165) is 5.69 Å². The SMILES string of the molecule is CN(c1ccc(F)cc1)c1ncnc(N)c1Br. The molecule has 17 heavy (non-hydrogen) atoms. The second-order valence-electron chi connectivity index (χ2n) is 3.43. The quantitative estimate of drug-likeness (QED) is 0.926. The van der Waals surface area contributed by atoms with Gasteiger partial charge in [0.25, 0.3) is 0 Å². The maximum absolute atomic E-state index is 12.8. The predicted molar refractivity (Wildman–Crippen MR) is 68.6 cm³/mol. The molecule has 6 heteroatoms. The monoisotopic (exact) mass is 296 g/mol. The lowest BCUT2D eigenvalue weighted by molar-refractivity contribution is 0.628. The average Bonchev–Trinajstić information content (AvgIpc) is 2.33. The first-order valence-electron chi connectivity index (χ1n) is 4.85. The summed E-state index contributed by atoms with van der Waals surface area (Å²) in [5, 5.41) is 0. The maximum Gasteiger partial charge on any atom is 0.152 e. The van der Waals surface area contributed by atoms with E-state index in [2.05, 4.69) is 25.9 Å². The second-order valence-corrected chi connectivity index (χ2v) is 4.22. The van der Waals surface area contributed by atoms with Crippen LogP contribution in [-0.2, 0) is 0 Å². The molecule has 0 fully saturated rings. The fourth-order valence-electron chi connectivity index (χ4n) is 1.39. The third-order valence-electron chi connectivity index (χ3n) is 2.33. The highest BCUT2D eigenvalue weighted by Gasteiger charge is 2.12. The third-order valence-corrected chi connectivity index (χ3v) is 3.09. The molecule has 0 aliphatic carbocycles. The molecule has 1 heterocycles. The van der Waals surface area contributed by atoms with Crippen molar-refractivity contribution in [1.29, 1.82) is 0 Å². The van der Waals surface area contributed by atoms with Crippen LogP contribution in [0.2, 0.25) is 0 Å². The van der Waals surface area contributed by atoms with Gasteiger partial charge in [0, 0.05) is 12.7 Å². The van der Waals surface area contributed by atoms with Gasteiger partial charge in [0.15, 0.2) is 5.82 Å². The van der Waals surface area contributed by atoms with Crippen molar-refractivity contribution in [2.24, 2.45) is 0 Å². The fraction of sp³-hybridized carbons (Fsp3) is 0.0909. The molecule has 0 saturated carbocycles. The molecular formula is C11H10BrFN4. The van der Waals surface area contributed by atoms with Crippen LogP contribution < -0.4 is 10.6 Å². The number of hydrogen-bond donors (Lipinski definition) is 1. The molecule has 2 rings (SSSR count). The van der Waals surface area contributed by atoms with E-state index in [9.17, 15) is 4.39 Å². The highest BCUT2D eigenvalue weighted by Crippen LogP contribution is 2.31. The zero-order chi connectivity index (χ0) is 12.4. The molecule has 0 saturated heterocycles. The molecule has 0 radical (unpaired) electrons. The molecule has 2 N–H and O–H groups in total. The van der Waals surface area contributed by atoms with E-state index >= 15 is 0 Å². The number of halogens is 2. The minimum atomic E-state index is -0.275. The summed E-state index contributed by atoms with van der Waals surface area (Å²) in [6, 6.07) is 6.12. The van der Waals surface area contributed by atoms with Crippen LogP contribution in [0.5, 0.6) is 0 Å². The lowest BCUT2D eigenvalue weighted by Crippen LogP contribution is -2.13. The number of benzene rings is 1. The van der Waals surface area contributed by atoms with Crippen molar-refractivity contribution in [2.75, 3.05) is 17.7 Å². The summed E-state index contributed by atoms with van der Waals surface area (Å²) in [6.07, 6.45) is 1.38. The number of anilines is 3. The Morgan fingerprint density at radius 2 is 1.88 bits per heavy atom. The molecule has 0 amide bonds. The van der Waals surface area contributed by atoms with Crippen LogP contribution in [0.3, 0.4) is 0 Å². The van der Waals surface area contributed by atoms with Crippen LogP contribution in [0.1, 0.15) is 0 Å². The van der Waals surface area contributed by atoms with Gasteiger partial charge >= 0.3 is 0 Å². The first-order valence-corrected chi connectivity index (χ1v) is 5.64. The average molecular weight is 297 g/mol. The van der Waals surface area contributed by atoms with Gasteiger partial charge in [0.05, 0.1) is 0 Å². The van der Waals surface area contributed by atoms with Gasteiger partial charge in [-0.1, -0.05) is 0 Å². The highest BCUT2D eigenvalue weighted by atomic mass is 79.9. The van der Waals surface area contributed by atoms with Gasteiger partial charge in [0.2, 0.25) is 0 Å². The molecule has 0 bridgehead atoms. The highest BCUT2D eigenvalue weighted by molar-refractivity contribution is 9.10. The van der Waals surface area contributed by atoms with E-state index in [0.29, 0.717) is 16.1 Å². The Bertz CT molecular complexity index is 529. The molecule has 88 valence electrons. The van der Waals surface area contributed by atoms with Crippen LogP contribution in [0.15, 0.2) is 35.1 Å². The summed E-state index contributed by atoms with van der Waals surface area (Å²) in [5.41, 5.74) is 6.49. The van der Waals surface area contributed by atoms with Crippen LogP contribution in [0.4, 0.5) is 21.7 Å². The summed E-state index contributed by atoms with van der Waals surface area (Å²) < 4.78 is 13.4. The Morgan fingerprint density at radius 3 is 2.53 bits per heavy atom. The van der Waals surface area contributed by atoms with Crippen LogP contribution in [0, 0.1) is 5.82 Å². The summed E-state index contributed by atoms with van der Waals surface area (Å²) in [5.74, 6) is 0.719. The number of aromatic nitrogens is 2. The Morgan fingerprint density at radius 1 is 1.24 bits per heavy atom. The standard InChI is InChI=1S/C11H10BrFN4/c1-17(8-4-2-7(13)3-5-8)11-9(12)10(14)15-6-16-11/h2-6H,1H3,(H2,14,15,16). The Kier molecular flexibility index (Phi) is 3.23. The van der Waals surface area contributed by atoms with E-state index in [1.54, 1.807) is 17.0 Å². The van der Waals surface area contributed by atoms with Crippen LogP contribution >= 0.6 is 15.9 Å². The number of nitrogens with two attached hydrogens (primary N) is 1. The molecule has 0 aliphatic rings. The predicted octanol–water partition coefficient (Wildman–Crippen LogP) is 2.73. The zero-order valence-electron chi connectivity index (χ0n) is 9.06. The van der Waals surface area contributed by atoms with Gasteiger partial charge in [-0.3, -0.25) is 0 Å². The van der Waals surface area contributed by atoms with E-state index in [1.165, 1.54) is 18.5 Å². The third kappa shape index (κ3) is 2.36. The topological polar surface area (TPSA) is 55.0 Å². The summed E-state index contributed by atoms with van der Waals surface area (Å²) >= 11 is 3.33. The van der Waals surface area contributed by atoms with Gasteiger partial charge in [0.1, 0.15) is 22.4 Å². The largest absolute Gasteiger partial charge is 0.383 e. The van der Waals surface area contributed by atoms with Gasteiger partial charge in [-0.15, -0.1) is 0 Å². The number of hydrogen-bond acceptors (Lipinski definition) is 4. The van der Waals surface area contributed by atoms with Crippen LogP contribution in [0.25, 0.3) is 0 Å². The fourth-order valence-corrected chi connectivity index (χ4v) is 1.87. The van der Waals surface area contributed by atoms with Crippen molar-refractivity contribution in [3.05, 3.63) is 40.9 Å². The molecule has 1 aromatic heterocycles. The minimum absolute atomic E-state index is 0.275. The van der Waals surface area contributed by atoms with Crippen molar-refractivity contribution in [3.63, 3.8) is 0 Å². The maximum atomic E-state index is 12.8. The van der Waals surface area contributed by atoms with Crippen molar-refractivity contribution in [2.45, 2.75) is 0 Å². The Hall–Kier alpha value is -1.69. The van der Waals surface area contributed by atoms with Gasteiger partial charge in [-0.2, -0.15) is 0 Å². The van der Waals surface area contributed by atoms with Crippen molar-refractivity contribution >= 4 is 33.3 Å². The molecule has 0 aliphatic heterocycles. The number of nitrogens with zero attached hydrogens (tertiary/aromatic N) is 3. The van der Waals surface area contributed by atoms with E-state index < -0.39 is 0 Å². The molecule has 2 aromatic rings. The van der Waals surface area contributed by atoms with Crippen molar-refractivity contribution < 1.29 is 4.39 Å². The first kappa shape index (κ1) is 11.8. The Balaban J connectivity index is 2.40. The lowest BCUT2D eigenvalue weighted by Gasteiger charge is -2.19. The molecule has 4 nitrogen and oxygen atoms in total. The van der Waals surface area contributed by atoms with Gasteiger partial charge in [-0.25, -0.2) is 14.4 Å². The second kappa shape index (κ2) is 4.67. The molecule has 0 unspecified atom stereocenters. The van der Waals surface area contributed by atoms with Gasteiger partial charge < -0.3 is 10.6 Å². The molecular weight excluding hydrogens is 287 g/mol. The zero-order valence-corrected chi connectivity index (χ0v) is 10.6. The van der Waals surface area contributed by atoms with E-state index in [4.69, 9.17) is 5.73 Å². The number of nitrogen functional groups attached to an aromatic ring is 1. The number of rotatable bonds is 2. The van der Waals surface area contributed by atoms with Crippen molar-refractivity contribution in [1.82, 2.24) is 9.97 Å². The summed E-state index contributed by atoms with van der Waals surface area (Å²) in [4.78, 5) is 9.79. The van der Waals surface area contributed by atoms with E-state index in [-0.39, 0.29) is 5.82 Å². The molecule has 0 spiro atoms. The lowest BCUT2D eigenvalue weighted by atomic mass is 10.3. The smallest absolute Gasteiger partial charge is 0.152 e. The normalized spacial score (nSPS) is 10.3. The van der Waals surface area contributed by atoms with Crippen LogP contribution in [-0.4, -0.2) is 17.0 Å². The molecule has 1 aromatic carbocycles. The minimum Gasteiger partial charge on any atom is -0.383 e. The van der Waals surface area contributed by atoms with E-state index in [1.807, 2.05) is 7.05 Å². The molecule has 0 atom stereocenters. The summed E-state index contributed by atoms with van der Waals surface area (Å²) in [6.45, 7) is 0.